The van der Waals surface area contributed by atoms with Gasteiger partial charge in [-0.3, -0.25) is 9.78 Å². The summed E-state index contributed by atoms with van der Waals surface area (Å²) in [7, 11) is 0. The number of anilines is 1. The summed E-state index contributed by atoms with van der Waals surface area (Å²) < 4.78 is 40.0. The molecule has 10 heteroatoms. The number of aromatic nitrogens is 3. The number of nitrogens with zero attached hydrogens (tertiary/aromatic N) is 3. The Labute approximate surface area is 180 Å². The number of nitrogens with one attached hydrogen (secondary N) is 1. The van der Waals surface area contributed by atoms with Crippen LogP contribution in [0.4, 0.5) is 18.9 Å². The van der Waals surface area contributed by atoms with E-state index in [1.807, 2.05) is 0 Å². The van der Waals surface area contributed by atoms with Gasteiger partial charge in [-0.2, -0.15) is 13.2 Å². The number of carbonyl (C=O) groups is 1. The third kappa shape index (κ3) is 4.14. The average Bonchev–Trinajstić information content (AvgIpc) is 3.14. The first-order valence-corrected chi connectivity index (χ1v) is 10.6. The van der Waals surface area contributed by atoms with Crippen molar-refractivity contribution in [2.45, 2.75) is 51.3 Å². The van der Waals surface area contributed by atoms with Gasteiger partial charge in [0.15, 0.2) is 0 Å². The molecule has 6 nitrogen and oxygen atoms in total. The first kappa shape index (κ1) is 21.6. The fourth-order valence-electron chi connectivity index (χ4n) is 3.58. The number of alkyl halides is 3. The molecule has 1 atom stereocenters. The highest BCUT2D eigenvalue weighted by Crippen LogP contribution is 2.40. The Hall–Kier alpha value is -2.59. The number of carbonyl (C=O) groups excluding carboxylic acids is 1. The maximum atomic E-state index is 13.3. The Kier molecular flexibility index (Phi) is 5.47. The second-order valence-electron chi connectivity index (χ2n) is 8.17. The molecule has 0 fully saturated rings. The number of aliphatic hydroxyl groups is 1. The molecular formula is C21H21F3N4O2S. The SMILES string of the molecule is CC(C)(c1ccc2c(n1)CC[C@H](C(=O)Nc1cnc3sc(CO)nc3c1)C2)C(F)(F)F. The number of aliphatic hydroxyl groups excluding tert-OH is 1. The third-order valence-electron chi connectivity index (χ3n) is 5.68. The summed E-state index contributed by atoms with van der Waals surface area (Å²) in [5, 5.41) is 12.6. The van der Waals surface area contributed by atoms with Crippen LogP contribution in [0.3, 0.4) is 0 Å². The van der Waals surface area contributed by atoms with E-state index in [0.717, 1.165) is 19.4 Å². The lowest BCUT2D eigenvalue weighted by molar-refractivity contribution is -0.181. The van der Waals surface area contributed by atoms with Crippen LogP contribution in [0.1, 0.15) is 42.2 Å². The molecule has 1 aliphatic rings. The molecule has 3 aromatic heterocycles. The van der Waals surface area contributed by atoms with Crippen LogP contribution in [0.15, 0.2) is 24.4 Å². The van der Waals surface area contributed by atoms with Crippen molar-refractivity contribution in [3.63, 3.8) is 0 Å². The maximum Gasteiger partial charge on any atom is 0.399 e. The minimum atomic E-state index is -4.39. The van der Waals surface area contributed by atoms with Crippen molar-refractivity contribution in [2.75, 3.05) is 5.32 Å². The maximum absolute atomic E-state index is 13.3. The minimum absolute atomic E-state index is 0.00783. The highest BCUT2D eigenvalue weighted by molar-refractivity contribution is 7.18. The lowest BCUT2D eigenvalue weighted by atomic mass is 9.83. The summed E-state index contributed by atoms with van der Waals surface area (Å²) in [5.74, 6) is -0.487. The number of aryl methyl sites for hydroxylation is 1. The summed E-state index contributed by atoms with van der Waals surface area (Å²) in [6, 6.07) is 4.77. The quantitative estimate of drug-likeness (QED) is 0.623. The molecule has 3 aromatic rings. The van der Waals surface area contributed by atoms with E-state index in [-0.39, 0.29) is 24.1 Å². The summed E-state index contributed by atoms with van der Waals surface area (Å²) in [6.07, 6.45) is -1.48. The lowest BCUT2D eigenvalue weighted by Gasteiger charge is -2.29. The Morgan fingerprint density at radius 3 is 2.77 bits per heavy atom. The van der Waals surface area contributed by atoms with Crippen LogP contribution in [0, 0.1) is 5.92 Å². The van der Waals surface area contributed by atoms with Gasteiger partial charge in [0.2, 0.25) is 5.91 Å². The first-order chi connectivity index (χ1) is 14.6. The van der Waals surface area contributed by atoms with E-state index in [1.165, 1.54) is 17.4 Å². The van der Waals surface area contributed by atoms with Crippen LogP contribution in [0.25, 0.3) is 10.3 Å². The van der Waals surface area contributed by atoms with Gasteiger partial charge in [-0.05, 0) is 50.8 Å². The molecule has 1 amide bonds. The van der Waals surface area contributed by atoms with Crippen molar-refractivity contribution in [3.8, 4) is 0 Å². The molecular weight excluding hydrogens is 429 g/mol. The molecule has 31 heavy (non-hydrogen) atoms. The van der Waals surface area contributed by atoms with Crippen LogP contribution in [0.2, 0.25) is 0 Å². The lowest BCUT2D eigenvalue weighted by Crippen LogP contribution is -2.38. The minimum Gasteiger partial charge on any atom is -0.389 e. The van der Waals surface area contributed by atoms with Gasteiger partial charge in [0.1, 0.15) is 20.8 Å². The molecule has 164 valence electrons. The fraction of sp³-hybridized carbons (Fsp3) is 0.429. The molecule has 3 heterocycles. The van der Waals surface area contributed by atoms with Gasteiger partial charge >= 0.3 is 6.18 Å². The highest BCUT2D eigenvalue weighted by Gasteiger charge is 2.49. The monoisotopic (exact) mass is 450 g/mol. The number of thiazole rings is 1. The standard InChI is InChI=1S/C21H21F3N4O2S/c1-20(2,21(22,23)24)16-6-4-11-7-12(3-5-14(11)27-16)18(30)26-13-8-15-19(25-9-13)31-17(10-29)28-15/h4,6,8-9,12,29H,3,5,7,10H2,1-2H3,(H,26,30)/t12-/m0/s1. The Bertz CT molecular complexity index is 1140. The number of pyridine rings is 2. The third-order valence-corrected chi connectivity index (χ3v) is 6.64. The molecule has 0 saturated heterocycles. The summed E-state index contributed by atoms with van der Waals surface area (Å²) >= 11 is 1.29. The Morgan fingerprint density at radius 1 is 1.29 bits per heavy atom. The molecule has 0 aliphatic heterocycles. The number of hydrogen-bond donors (Lipinski definition) is 2. The number of amides is 1. The normalized spacial score (nSPS) is 16.9. The second kappa shape index (κ2) is 7.83. The predicted molar refractivity (Wildman–Crippen MR) is 111 cm³/mol. The number of hydrogen-bond acceptors (Lipinski definition) is 6. The molecule has 0 aromatic carbocycles. The topological polar surface area (TPSA) is 88.0 Å². The van der Waals surface area contributed by atoms with Crippen LogP contribution in [0.5, 0.6) is 0 Å². The molecule has 0 saturated carbocycles. The van der Waals surface area contributed by atoms with Gasteiger partial charge < -0.3 is 10.4 Å². The van der Waals surface area contributed by atoms with Gasteiger partial charge in [0, 0.05) is 11.6 Å². The predicted octanol–water partition coefficient (Wildman–Crippen LogP) is 4.16. The van der Waals surface area contributed by atoms with E-state index in [0.29, 0.717) is 46.0 Å². The van der Waals surface area contributed by atoms with Crippen molar-refractivity contribution < 1.29 is 23.1 Å². The number of halogens is 3. The Morgan fingerprint density at radius 2 is 2.06 bits per heavy atom. The average molecular weight is 450 g/mol. The highest BCUT2D eigenvalue weighted by atomic mass is 32.1. The fourth-order valence-corrected chi connectivity index (χ4v) is 4.32. The number of fused-ring (bicyclic) bond motifs is 2. The van der Waals surface area contributed by atoms with E-state index in [2.05, 4.69) is 20.3 Å². The van der Waals surface area contributed by atoms with Crippen molar-refractivity contribution in [3.05, 3.63) is 46.4 Å². The van der Waals surface area contributed by atoms with E-state index < -0.39 is 11.6 Å². The van der Waals surface area contributed by atoms with E-state index in [4.69, 9.17) is 0 Å². The molecule has 1 aliphatic carbocycles. The molecule has 0 unspecified atom stereocenters. The van der Waals surface area contributed by atoms with E-state index >= 15 is 0 Å². The van der Waals surface area contributed by atoms with Crippen LogP contribution >= 0.6 is 11.3 Å². The van der Waals surface area contributed by atoms with E-state index in [1.54, 1.807) is 18.3 Å². The van der Waals surface area contributed by atoms with Crippen LogP contribution in [-0.4, -0.2) is 32.1 Å². The van der Waals surface area contributed by atoms with Gasteiger partial charge in [0.25, 0.3) is 0 Å². The zero-order valence-electron chi connectivity index (χ0n) is 17.0. The van der Waals surface area contributed by atoms with E-state index in [9.17, 15) is 23.1 Å². The van der Waals surface area contributed by atoms with Crippen molar-refractivity contribution in [1.82, 2.24) is 15.0 Å². The summed E-state index contributed by atoms with van der Waals surface area (Å²) in [5.41, 5.74) is 0.498. The zero-order chi connectivity index (χ0) is 22.4. The van der Waals surface area contributed by atoms with Crippen LogP contribution < -0.4 is 5.32 Å². The zero-order valence-corrected chi connectivity index (χ0v) is 17.8. The Balaban J connectivity index is 1.48. The summed E-state index contributed by atoms with van der Waals surface area (Å²) in [6.45, 7) is 2.08. The van der Waals surface area contributed by atoms with Crippen LogP contribution in [-0.2, 0) is 29.7 Å². The van der Waals surface area contributed by atoms with Gasteiger partial charge in [0.05, 0.1) is 24.2 Å². The van der Waals surface area contributed by atoms with Crippen molar-refractivity contribution >= 4 is 33.3 Å². The largest absolute Gasteiger partial charge is 0.399 e. The van der Waals surface area contributed by atoms with Gasteiger partial charge in [-0.1, -0.05) is 17.4 Å². The molecule has 0 radical (unpaired) electrons. The van der Waals surface area contributed by atoms with Crippen molar-refractivity contribution in [1.29, 1.82) is 0 Å². The second-order valence-corrected chi connectivity index (χ2v) is 9.23. The smallest absolute Gasteiger partial charge is 0.389 e. The molecule has 0 bridgehead atoms. The molecule has 2 N–H and O–H groups in total. The molecule has 0 spiro atoms. The van der Waals surface area contributed by atoms with Gasteiger partial charge in [-0.15, -0.1) is 0 Å². The number of rotatable bonds is 4. The summed E-state index contributed by atoms with van der Waals surface area (Å²) in [4.78, 5) is 26.2. The molecule has 4 rings (SSSR count). The van der Waals surface area contributed by atoms with Gasteiger partial charge in [-0.25, -0.2) is 9.97 Å². The van der Waals surface area contributed by atoms with Crippen molar-refractivity contribution in [2.24, 2.45) is 5.92 Å². The first-order valence-electron chi connectivity index (χ1n) is 9.81.